The smallest absolute Gasteiger partial charge is 0.464 e. The molecule has 3 aromatic rings. The van der Waals surface area contributed by atoms with Crippen molar-refractivity contribution in [3.8, 4) is 17.7 Å². The Morgan fingerprint density at radius 2 is 1.81 bits per heavy atom. The predicted molar refractivity (Wildman–Crippen MR) is 146 cm³/mol. The predicted octanol–water partition coefficient (Wildman–Crippen LogP) is 3.33. The topological polar surface area (TPSA) is 145 Å². The summed E-state index contributed by atoms with van der Waals surface area (Å²) in [6.45, 7) is 2.49. The molecule has 0 saturated carbocycles. The van der Waals surface area contributed by atoms with Gasteiger partial charge in [0.2, 0.25) is 11.8 Å². The van der Waals surface area contributed by atoms with E-state index in [-0.39, 0.29) is 29.7 Å². The van der Waals surface area contributed by atoms with E-state index in [4.69, 9.17) is 10.5 Å². The van der Waals surface area contributed by atoms with Crippen molar-refractivity contribution >= 4 is 41.1 Å². The summed E-state index contributed by atoms with van der Waals surface area (Å²) in [7, 11) is 0. The van der Waals surface area contributed by atoms with Crippen LogP contribution in [0.2, 0.25) is 0 Å². The van der Waals surface area contributed by atoms with E-state index >= 15 is 0 Å². The van der Waals surface area contributed by atoms with E-state index in [1.807, 2.05) is 0 Å². The van der Waals surface area contributed by atoms with E-state index in [9.17, 15) is 32.3 Å². The molecule has 0 saturated heterocycles. The van der Waals surface area contributed by atoms with Crippen LogP contribution in [0, 0.1) is 18.8 Å². The summed E-state index contributed by atoms with van der Waals surface area (Å²) in [5.41, 5.74) is 7.35. The Morgan fingerprint density at radius 3 is 2.49 bits per heavy atom. The zero-order valence-corrected chi connectivity index (χ0v) is 22.8. The highest BCUT2D eigenvalue weighted by Gasteiger charge is 2.43. The lowest BCUT2D eigenvalue weighted by Crippen LogP contribution is -2.44. The van der Waals surface area contributed by atoms with Crippen molar-refractivity contribution in [3.63, 3.8) is 0 Å². The molecular formula is C29H24F3N5O6. The van der Waals surface area contributed by atoms with Gasteiger partial charge in [0.15, 0.2) is 6.61 Å². The number of hydrogen-bond donors (Lipinski definition) is 1. The molecule has 43 heavy (non-hydrogen) atoms. The molecule has 0 radical (unpaired) electrons. The van der Waals surface area contributed by atoms with Crippen molar-refractivity contribution < 1.29 is 41.8 Å². The summed E-state index contributed by atoms with van der Waals surface area (Å²) in [6.07, 6.45) is -6.14. The van der Waals surface area contributed by atoms with Crippen LogP contribution in [0.1, 0.15) is 35.0 Å². The van der Waals surface area contributed by atoms with Gasteiger partial charge in [-0.15, -0.1) is 0 Å². The highest BCUT2D eigenvalue weighted by Crippen LogP contribution is 2.34. The van der Waals surface area contributed by atoms with E-state index in [1.165, 1.54) is 17.9 Å². The number of rotatable bonds is 6. The monoisotopic (exact) mass is 595 g/mol. The van der Waals surface area contributed by atoms with E-state index < -0.39 is 48.9 Å². The second-order valence-corrected chi connectivity index (χ2v) is 9.34. The standard InChI is InChI=1S/C29H24F3N5O6/c1-17-13-23(35-28(33)34-17)42-12-6-7-19-10-11-22-21(15-19)26(40)36(16-24(38)37(22)20-8-4-3-5-9-20)18(2)14-25(39)43-27(41)29(30,31)32/h3-5,8-11,13,15,18H,12,14,16H2,1-2H3,(H2,33,34,35). The number of para-hydroxylation sites is 1. The fourth-order valence-corrected chi connectivity index (χ4v) is 4.21. The lowest BCUT2D eigenvalue weighted by molar-refractivity contribution is -0.202. The normalized spacial score (nSPS) is 13.8. The largest absolute Gasteiger partial charge is 0.491 e. The number of amides is 2. The van der Waals surface area contributed by atoms with Gasteiger partial charge < -0.3 is 20.1 Å². The fraction of sp³-hybridized carbons (Fsp3) is 0.241. The third kappa shape index (κ3) is 7.45. The molecule has 2 aromatic carbocycles. The summed E-state index contributed by atoms with van der Waals surface area (Å²) >= 11 is 0. The maximum atomic E-state index is 13.7. The van der Waals surface area contributed by atoms with Gasteiger partial charge in [0.1, 0.15) is 6.54 Å². The highest BCUT2D eigenvalue weighted by molar-refractivity contribution is 6.13. The molecule has 1 aromatic heterocycles. The Morgan fingerprint density at radius 1 is 1.09 bits per heavy atom. The van der Waals surface area contributed by atoms with Crippen LogP contribution in [0.5, 0.6) is 5.88 Å². The highest BCUT2D eigenvalue weighted by atomic mass is 19.4. The molecule has 1 unspecified atom stereocenters. The molecule has 0 bridgehead atoms. The first-order valence-corrected chi connectivity index (χ1v) is 12.7. The number of hydrogen-bond acceptors (Lipinski definition) is 9. The minimum atomic E-state index is -5.37. The van der Waals surface area contributed by atoms with Gasteiger partial charge in [-0.2, -0.15) is 18.2 Å². The number of aromatic nitrogens is 2. The number of alkyl halides is 3. The SMILES string of the molecule is Cc1cc(OCC#Cc2ccc3c(c2)C(=O)N(C(C)CC(=O)OC(=O)C(F)(F)F)CC(=O)N3c2ccccc2)nc(N)n1. The number of nitrogens with two attached hydrogens (primary N) is 1. The number of carbonyl (C=O) groups excluding carboxylic acids is 4. The molecular weight excluding hydrogens is 571 g/mol. The van der Waals surface area contributed by atoms with E-state index in [0.717, 1.165) is 4.90 Å². The van der Waals surface area contributed by atoms with Gasteiger partial charge in [0.25, 0.3) is 11.8 Å². The second kappa shape index (κ2) is 12.6. The Kier molecular flexibility index (Phi) is 8.94. The number of aryl methyl sites for hydroxylation is 1. The quantitative estimate of drug-likeness (QED) is 0.258. The first-order valence-electron chi connectivity index (χ1n) is 12.7. The van der Waals surface area contributed by atoms with Crippen LogP contribution in [0.3, 0.4) is 0 Å². The zero-order valence-electron chi connectivity index (χ0n) is 22.8. The van der Waals surface area contributed by atoms with Crippen LogP contribution in [-0.4, -0.2) is 64.0 Å². The number of anilines is 3. The number of nitrogens with zero attached hydrogens (tertiary/aromatic N) is 4. The molecule has 1 aliphatic rings. The van der Waals surface area contributed by atoms with Crippen LogP contribution in [0.15, 0.2) is 54.6 Å². The number of fused-ring (bicyclic) bond motifs is 1. The summed E-state index contributed by atoms with van der Waals surface area (Å²) in [5.74, 6) is 0.549. The van der Waals surface area contributed by atoms with Gasteiger partial charge in [-0.3, -0.25) is 19.3 Å². The Balaban J connectivity index is 1.62. The Hall–Kier alpha value is -5.45. The van der Waals surface area contributed by atoms with Crippen LogP contribution >= 0.6 is 0 Å². The summed E-state index contributed by atoms with van der Waals surface area (Å²) in [5, 5.41) is 0. The molecule has 1 aliphatic heterocycles. The molecule has 0 fully saturated rings. The lowest BCUT2D eigenvalue weighted by atomic mass is 10.1. The third-order valence-corrected chi connectivity index (χ3v) is 6.10. The summed E-state index contributed by atoms with van der Waals surface area (Å²) in [6, 6.07) is 13.6. The number of carbonyl (C=O) groups is 4. The first-order chi connectivity index (χ1) is 20.3. The van der Waals surface area contributed by atoms with E-state index in [2.05, 4.69) is 26.5 Å². The van der Waals surface area contributed by atoms with Crippen LogP contribution in [0.4, 0.5) is 30.5 Å². The molecule has 2 amide bonds. The van der Waals surface area contributed by atoms with Crippen LogP contribution in [-0.2, 0) is 19.1 Å². The maximum Gasteiger partial charge on any atom is 0.491 e. The minimum Gasteiger partial charge on any atom is -0.464 e. The number of halogens is 3. The molecule has 2 N–H and O–H groups in total. The van der Waals surface area contributed by atoms with Crippen molar-refractivity contribution in [3.05, 3.63) is 71.4 Å². The van der Waals surface area contributed by atoms with Crippen LogP contribution in [0.25, 0.3) is 0 Å². The van der Waals surface area contributed by atoms with Gasteiger partial charge in [-0.05, 0) is 44.2 Å². The average Bonchev–Trinajstić information content (AvgIpc) is 3.04. The van der Waals surface area contributed by atoms with E-state index in [0.29, 0.717) is 16.9 Å². The van der Waals surface area contributed by atoms with Crippen molar-refractivity contribution in [1.82, 2.24) is 14.9 Å². The van der Waals surface area contributed by atoms with Crippen molar-refractivity contribution in [1.29, 1.82) is 0 Å². The second-order valence-electron chi connectivity index (χ2n) is 9.34. The van der Waals surface area contributed by atoms with Crippen molar-refractivity contribution in [2.75, 3.05) is 23.8 Å². The third-order valence-electron chi connectivity index (χ3n) is 6.10. The minimum absolute atomic E-state index is 0.0451. The molecule has 0 aliphatic carbocycles. The van der Waals surface area contributed by atoms with Gasteiger partial charge in [0, 0.05) is 29.1 Å². The number of benzene rings is 2. The van der Waals surface area contributed by atoms with Crippen LogP contribution < -0.4 is 15.4 Å². The number of esters is 2. The summed E-state index contributed by atoms with van der Waals surface area (Å²) in [4.78, 5) is 60.6. The zero-order chi connectivity index (χ0) is 31.3. The number of nitrogen functional groups attached to an aromatic ring is 1. The molecule has 222 valence electrons. The first kappa shape index (κ1) is 30.5. The maximum absolute atomic E-state index is 13.7. The molecule has 4 rings (SSSR count). The molecule has 2 heterocycles. The van der Waals surface area contributed by atoms with Crippen molar-refractivity contribution in [2.45, 2.75) is 32.5 Å². The molecule has 14 heteroatoms. The van der Waals surface area contributed by atoms with Gasteiger partial charge in [-0.1, -0.05) is 30.0 Å². The van der Waals surface area contributed by atoms with Gasteiger partial charge in [-0.25, -0.2) is 9.78 Å². The molecule has 11 nitrogen and oxygen atoms in total. The lowest BCUT2D eigenvalue weighted by Gasteiger charge is -2.27. The number of ether oxygens (including phenoxy) is 2. The average molecular weight is 596 g/mol. The van der Waals surface area contributed by atoms with Gasteiger partial charge in [0.05, 0.1) is 17.7 Å². The Labute approximate surface area is 243 Å². The molecule has 0 spiro atoms. The molecule has 1 atom stereocenters. The fourth-order valence-electron chi connectivity index (χ4n) is 4.21. The van der Waals surface area contributed by atoms with Gasteiger partial charge >= 0.3 is 18.1 Å². The van der Waals surface area contributed by atoms with E-state index in [1.54, 1.807) is 55.5 Å². The summed E-state index contributed by atoms with van der Waals surface area (Å²) < 4.78 is 47.0. The Bertz CT molecular complexity index is 1610. The van der Waals surface area contributed by atoms with Crippen molar-refractivity contribution in [2.24, 2.45) is 0 Å².